The summed E-state index contributed by atoms with van der Waals surface area (Å²) in [6.07, 6.45) is -0.324. The van der Waals surface area contributed by atoms with Crippen LogP contribution in [0.1, 0.15) is 40.9 Å². The Kier molecular flexibility index (Phi) is 4.18. The van der Waals surface area contributed by atoms with Crippen molar-refractivity contribution >= 4 is 0 Å². The number of methoxy groups -OCH3 is 2. The molecule has 122 valence electrons. The number of fused-ring (bicyclic) bond motifs is 1. The molecule has 1 heterocycles. The highest BCUT2D eigenvalue weighted by atomic mass is 16.5. The largest absolute Gasteiger partial charge is 0.496 e. The second-order valence-corrected chi connectivity index (χ2v) is 5.83. The van der Waals surface area contributed by atoms with E-state index in [0.717, 1.165) is 28.0 Å². The summed E-state index contributed by atoms with van der Waals surface area (Å²) in [5.41, 5.74) is 3.54. The Morgan fingerprint density at radius 2 is 1.65 bits per heavy atom. The maximum absolute atomic E-state index is 10.7. The van der Waals surface area contributed by atoms with Gasteiger partial charge in [0.1, 0.15) is 23.4 Å². The van der Waals surface area contributed by atoms with Crippen LogP contribution in [-0.4, -0.2) is 19.3 Å². The fourth-order valence-corrected chi connectivity index (χ4v) is 3.40. The van der Waals surface area contributed by atoms with E-state index in [1.807, 2.05) is 44.2 Å². The van der Waals surface area contributed by atoms with Gasteiger partial charge in [-0.05, 0) is 19.4 Å². The van der Waals surface area contributed by atoms with Crippen molar-refractivity contribution in [1.29, 1.82) is 0 Å². The Hall–Kier alpha value is -2.20. The molecule has 23 heavy (non-hydrogen) atoms. The van der Waals surface area contributed by atoms with Gasteiger partial charge in [0.2, 0.25) is 0 Å². The Morgan fingerprint density at radius 1 is 1.00 bits per heavy atom. The lowest BCUT2D eigenvalue weighted by molar-refractivity contribution is 0.0621. The lowest BCUT2D eigenvalue weighted by atomic mass is 9.90. The van der Waals surface area contributed by atoms with Crippen molar-refractivity contribution in [2.24, 2.45) is 0 Å². The van der Waals surface area contributed by atoms with Crippen molar-refractivity contribution < 1.29 is 19.3 Å². The van der Waals surface area contributed by atoms with Crippen molar-refractivity contribution in [2.45, 2.75) is 32.5 Å². The molecule has 0 aliphatic carbocycles. The first-order valence-electron chi connectivity index (χ1n) is 7.73. The number of aliphatic hydroxyl groups excluding tert-OH is 1. The Bertz CT molecular complexity index is 709. The molecule has 0 spiro atoms. The molecule has 2 aromatic rings. The molecule has 0 fully saturated rings. The van der Waals surface area contributed by atoms with E-state index in [4.69, 9.17) is 14.2 Å². The van der Waals surface area contributed by atoms with E-state index in [1.54, 1.807) is 14.2 Å². The van der Waals surface area contributed by atoms with Gasteiger partial charge in [0, 0.05) is 17.5 Å². The lowest BCUT2D eigenvalue weighted by Crippen LogP contribution is -2.21. The van der Waals surface area contributed by atoms with E-state index in [0.29, 0.717) is 17.9 Å². The molecule has 4 nitrogen and oxygen atoms in total. The van der Waals surface area contributed by atoms with Gasteiger partial charge in [0.05, 0.1) is 25.9 Å². The summed E-state index contributed by atoms with van der Waals surface area (Å²) in [5, 5.41) is 10.7. The molecule has 1 N–H and O–H groups in total. The van der Waals surface area contributed by atoms with Gasteiger partial charge in [-0.3, -0.25) is 0 Å². The molecule has 0 amide bonds. The van der Waals surface area contributed by atoms with Crippen LogP contribution in [0.3, 0.4) is 0 Å². The Balaban J connectivity index is 2.14. The molecule has 0 saturated heterocycles. The molecule has 0 saturated carbocycles. The molecule has 0 bridgehead atoms. The summed E-state index contributed by atoms with van der Waals surface area (Å²) in [7, 11) is 3.24. The van der Waals surface area contributed by atoms with Crippen LogP contribution in [0.15, 0.2) is 30.3 Å². The van der Waals surface area contributed by atoms with E-state index in [1.165, 1.54) is 0 Å². The van der Waals surface area contributed by atoms with Crippen molar-refractivity contribution in [3.05, 3.63) is 52.6 Å². The lowest BCUT2D eigenvalue weighted by Gasteiger charge is -2.33. The summed E-state index contributed by atoms with van der Waals surface area (Å²) in [6, 6.07) is 9.95. The first-order valence-corrected chi connectivity index (χ1v) is 7.73. The summed E-state index contributed by atoms with van der Waals surface area (Å²) in [5.74, 6) is 2.04. The van der Waals surface area contributed by atoms with E-state index in [9.17, 15) is 5.11 Å². The maximum atomic E-state index is 10.7. The van der Waals surface area contributed by atoms with Crippen LogP contribution in [0.4, 0.5) is 0 Å². The van der Waals surface area contributed by atoms with Gasteiger partial charge in [-0.25, -0.2) is 0 Å². The summed E-state index contributed by atoms with van der Waals surface area (Å²) >= 11 is 0. The Labute approximate surface area is 136 Å². The van der Waals surface area contributed by atoms with Crippen LogP contribution in [0.2, 0.25) is 0 Å². The zero-order valence-electron chi connectivity index (χ0n) is 13.9. The van der Waals surface area contributed by atoms with Gasteiger partial charge >= 0.3 is 0 Å². The summed E-state index contributed by atoms with van der Waals surface area (Å²) in [6.45, 7) is 3.88. The normalized spacial score (nSPS) is 19.7. The van der Waals surface area contributed by atoms with E-state index in [-0.39, 0.29) is 6.10 Å². The molecule has 2 atom stereocenters. The van der Waals surface area contributed by atoms with Crippen molar-refractivity contribution in [3.63, 3.8) is 0 Å². The topological polar surface area (TPSA) is 47.9 Å². The minimum atomic E-state index is -0.637. The Morgan fingerprint density at radius 3 is 2.26 bits per heavy atom. The first-order chi connectivity index (χ1) is 11.1. The average molecular weight is 314 g/mol. The predicted octanol–water partition coefficient (Wildman–Crippen LogP) is 3.88. The van der Waals surface area contributed by atoms with Crippen LogP contribution in [0.25, 0.3) is 0 Å². The number of rotatable bonds is 3. The monoisotopic (exact) mass is 314 g/mol. The standard InChI is InChI=1S/C19H22O4/c1-11-17(21-3)12(2)19-16(18(11)22-4)14(20)10-15(23-19)13-8-6-5-7-9-13/h5-9,14-15,20H,10H2,1-4H3/t14-,15+/m1/s1. The van der Waals surface area contributed by atoms with Crippen LogP contribution in [0, 0.1) is 13.8 Å². The second-order valence-electron chi connectivity index (χ2n) is 5.83. The number of benzene rings is 2. The van der Waals surface area contributed by atoms with Gasteiger partial charge in [-0.15, -0.1) is 0 Å². The molecule has 1 aliphatic heterocycles. The quantitative estimate of drug-likeness (QED) is 0.934. The molecule has 0 radical (unpaired) electrons. The second kappa shape index (κ2) is 6.13. The fraction of sp³-hybridized carbons (Fsp3) is 0.368. The number of hydrogen-bond acceptors (Lipinski definition) is 4. The van der Waals surface area contributed by atoms with Gasteiger partial charge in [-0.2, -0.15) is 0 Å². The molecular formula is C19H22O4. The number of aliphatic hydroxyl groups is 1. The van der Waals surface area contributed by atoms with Crippen LogP contribution in [0.5, 0.6) is 17.2 Å². The zero-order valence-corrected chi connectivity index (χ0v) is 13.9. The third-order valence-corrected chi connectivity index (χ3v) is 4.46. The first kappa shape index (κ1) is 15.7. The molecule has 0 aromatic heterocycles. The number of ether oxygens (including phenoxy) is 3. The van der Waals surface area contributed by atoms with Crippen molar-refractivity contribution in [2.75, 3.05) is 14.2 Å². The smallest absolute Gasteiger partial charge is 0.136 e. The third kappa shape index (κ3) is 2.53. The number of hydrogen-bond donors (Lipinski definition) is 1. The predicted molar refractivity (Wildman–Crippen MR) is 88.4 cm³/mol. The summed E-state index contributed by atoms with van der Waals surface area (Å²) in [4.78, 5) is 0. The van der Waals surface area contributed by atoms with Gasteiger partial charge < -0.3 is 19.3 Å². The SMILES string of the molecule is COc1c(C)c(OC)c2c(c1C)O[C@H](c1ccccc1)C[C@H]2O. The van der Waals surface area contributed by atoms with Gasteiger partial charge in [0.15, 0.2) is 0 Å². The van der Waals surface area contributed by atoms with E-state index >= 15 is 0 Å². The minimum Gasteiger partial charge on any atom is -0.496 e. The van der Waals surface area contributed by atoms with E-state index < -0.39 is 6.10 Å². The summed E-state index contributed by atoms with van der Waals surface area (Å²) < 4.78 is 17.3. The van der Waals surface area contributed by atoms with Crippen LogP contribution < -0.4 is 14.2 Å². The van der Waals surface area contributed by atoms with Crippen LogP contribution >= 0.6 is 0 Å². The van der Waals surface area contributed by atoms with Gasteiger partial charge in [0.25, 0.3) is 0 Å². The average Bonchev–Trinajstić information content (AvgIpc) is 2.57. The molecule has 2 aromatic carbocycles. The van der Waals surface area contributed by atoms with E-state index in [2.05, 4.69) is 0 Å². The molecule has 0 unspecified atom stereocenters. The van der Waals surface area contributed by atoms with Crippen LogP contribution in [-0.2, 0) is 0 Å². The molecule has 4 heteroatoms. The zero-order chi connectivity index (χ0) is 16.6. The third-order valence-electron chi connectivity index (χ3n) is 4.46. The maximum Gasteiger partial charge on any atom is 0.136 e. The highest BCUT2D eigenvalue weighted by Gasteiger charge is 2.34. The highest BCUT2D eigenvalue weighted by molar-refractivity contribution is 5.63. The molecule has 1 aliphatic rings. The van der Waals surface area contributed by atoms with Gasteiger partial charge in [-0.1, -0.05) is 30.3 Å². The van der Waals surface area contributed by atoms with Crippen molar-refractivity contribution in [1.82, 2.24) is 0 Å². The highest BCUT2D eigenvalue weighted by Crippen LogP contribution is 2.51. The minimum absolute atomic E-state index is 0.186. The molecule has 3 rings (SSSR count). The van der Waals surface area contributed by atoms with Crippen molar-refractivity contribution in [3.8, 4) is 17.2 Å². The molecular weight excluding hydrogens is 292 g/mol. The fourth-order valence-electron chi connectivity index (χ4n) is 3.40.